The van der Waals surface area contributed by atoms with Crippen LogP contribution in [0.5, 0.6) is 0 Å². The van der Waals surface area contributed by atoms with Crippen LogP contribution in [0.4, 0.5) is 0 Å². The third-order valence-corrected chi connectivity index (χ3v) is 4.89. The van der Waals surface area contributed by atoms with Gasteiger partial charge in [0.15, 0.2) is 0 Å². The molecule has 1 aliphatic carbocycles. The van der Waals surface area contributed by atoms with E-state index >= 15 is 0 Å². The van der Waals surface area contributed by atoms with Crippen LogP contribution in [0.3, 0.4) is 0 Å². The van der Waals surface area contributed by atoms with Crippen molar-refractivity contribution in [1.82, 2.24) is 4.90 Å². The van der Waals surface area contributed by atoms with Gasteiger partial charge in [0.1, 0.15) is 6.04 Å². The zero-order valence-corrected chi connectivity index (χ0v) is 11.1. The van der Waals surface area contributed by atoms with Gasteiger partial charge in [0, 0.05) is 13.2 Å². The summed E-state index contributed by atoms with van der Waals surface area (Å²) in [6, 6.07) is -0.596. The number of fused-ring (bicyclic) bond motifs is 1. The fraction of sp³-hybridized carbons (Fsp3) is 0.857. The molecule has 19 heavy (non-hydrogen) atoms. The van der Waals surface area contributed by atoms with Crippen LogP contribution >= 0.6 is 0 Å². The number of aliphatic carboxylic acids is 1. The molecule has 1 amide bonds. The van der Waals surface area contributed by atoms with Gasteiger partial charge in [-0.2, -0.15) is 0 Å². The smallest absolute Gasteiger partial charge is 0.326 e. The first kappa shape index (κ1) is 12.9. The minimum Gasteiger partial charge on any atom is -0.480 e. The van der Waals surface area contributed by atoms with Crippen molar-refractivity contribution in [1.29, 1.82) is 0 Å². The Morgan fingerprint density at radius 1 is 1.21 bits per heavy atom. The van der Waals surface area contributed by atoms with Crippen LogP contribution < -0.4 is 0 Å². The molecule has 0 bridgehead atoms. The van der Waals surface area contributed by atoms with Crippen molar-refractivity contribution in [3.63, 3.8) is 0 Å². The van der Waals surface area contributed by atoms with E-state index in [1.807, 2.05) is 0 Å². The molecule has 3 fully saturated rings. The molecule has 4 atom stereocenters. The first-order chi connectivity index (χ1) is 9.16. The van der Waals surface area contributed by atoms with Crippen LogP contribution in [0.15, 0.2) is 0 Å². The maximum Gasteiger partial charge on any atom is 0.326 e. The second kappa shape index (κ2) is 5.12. The zero-order chi connectivity index (χ0) is 13.4. The van der Waals surface area contributed by atoms with E-state index in [4.69, 9.17) is 4.74 Å². The number of carboxylic acids is 1. The van der Waals surface area contributed by atoms with Crippen molar-refractivity contribution in [2.24, 2.45) is 11.8 Å². The highest BCUT2D eigenvalue weighted by atomic mass is 16.5. The Morgan fingerprint density at radius 3 is 2.74 bits per heavy atom. The molecule has 2 aliphatic heterocycles. The highest BCUT2D eigenvalue weighted by Gasteiger charge is 2.49. The molecule has 3 rings (SSSR count). The summed E-state index contributed by atoms with van der Waals surface area (Å²) in [7, 11) is 0. The summed E-state index contributed by atoms with van der Waals surface area (Å²) in [5, 5.41) is 9.42. The van der Waals surface area contributed by atoms with Gasteiger partial charge in [0.25, 0.3) is 0 Å². The van der Waals surface area contributed by atoms with Gasteiger partial charge in [-0.3, -0.25) is 4.79 Å². The van der Waals surface area contributed by atoms with Crippen molar-refractivity contribution >= 4 is 11.9 Å². The lowest BCUT2D eigenvalue weighted by Gasteiger charge is -2.25. The molecular formula is C14H21NO4. The topological polar surface area (TPSA) is 66.8 Å². The van der Waals surface area contributed by atoms with Gasteiger partial charge in [0.05, 0.1) is 12.5 Å². The second-order valence-corrected chi connectivity index (χ2v) is 6.02. The summed E-state index contributed by atoms with van der Waals surface area (Å²) in [6.07, 6.45) is 5.40. The highest BCUT2D eigenvalue weighted by Crippen LogP contribution is 2.42. The van der Waals surface area contributed by atoms with Crippen LogP contribution in [0.25, 0.3) is 0 Å². The molecule has 3 aliphatic rings. The Hall–Kier alpha value is -1.10. The van der Waals surface area contributed by atoms with E-state index in [0.717, 1.165) is 38.7 Å². The number of likely N-dealkylation sites (tertiary alicyclic amines) is 1. The molecule has 2 heterocycles. The minimum absolute atomic E-state index is 0.00221. The Morgan fingerprint density at radius 2 is 2.05 bits per heavy atom. The van der Waals surface area contributed by atoms with Gasteiger partial charge in [-0.15, -0.1) is 0 Å². The van der Waals surface area contributed by atoms with E-state index < -0.39 is 12.0 Å². The largest absolute Gasteiger partial charge is 0.480 e. The van der Waals surface area contributed by atoms with Gasteiger partial charge < -0.3 is 14.7 Å². The molecule has 0 aromatic rings. The summed E-state index contributed by atoms with van der Waals surface area (Å²) in [5.41, 5.74) is 0. The van der Waals surface area contributed by atoms with E-state index in [-0.39, 0.29) is 17.9 Å². The maximum atomic E-state index is 12.3. The normalized spacial score (nSPS) is 37.6. The number of nitrogens with zero attached hydrogens (tertiary/aromatic N) is 1. The SMILES string of the molecule is O=C(O)C1C2CCCC2CN1C(=O)CC1CCCO1. The molecule has 106 valence electrons. The van der Waals surface area contributed by atoms with Gasteiger partial charge in [0.2, 0.25) is 5.91 Å². The number of carbonyl (C=O) groups is 2. The fourth-order valence-corrected chi connectivity index (χ4v) is 4.00. The molecule has 2 saturated heterocycles. The first-order valence-corrected chi connectivity index (χ1v) is 7.30. The average Bonchev–Trinajstić information content (AvgIpc) is 3.02. The third kappa shape index (κ3) is 2.36. The molecule has 5 nitrogen and oxygen atoms in total. The maximum absolute atomic E-state index is 12.3. The number of carbonyl (C=O) groups excluding carboxylic acids is 1. The number of carboxylic acid groups (broad SMARTS) is 1. The van der Waals surface area contributed by atoms with Crippen molar-refractivity contribution in [2.75, 3.05) is 13.2 Å². The summed E-state index contributed by atoms with van der Waals surface area (Å²) >= 11 is 0. The number of hydrogen-bond donors (Lipinski definition) is 1. The van der Waals surface area contributed by atoms with E-state index in [2.05, 4.69) is 0 Å². The molecule has 4 unspecified atom stereocenters. The van der Waals surface area contributed by atoms with Crippen LogP contribution in [-0.2, 0) is 14.3 Å². The lowest BCUT2D eigenvalue weighted by molar-refractivity contribution is -0.150. The zero-order valence-electron chi connectivity index (χ0n) is 11.1. The van der Waals surface area contributed by atoms with Crippen LogP contribution in [0.2, 0.25) is 0 Å². The lowest BCUT2D eigenvalue weighted by Crippen LogP contribution is -2.44. The number of rotatable bonds is 3. The third-order valence-electron chi connectivity index (χ3n) is 4.89. The van der Waals surface area contributed by atoms with Crippen LogP contribution in [0.1, 0.15) is 38.5 Å². The molecular weight excluding hydrogens is 246 g/mol. The van der Waals surface area contributed by atoms with Gasteiger partial charge >= 0.3 is 5.97 Å². The Labute approximate surface area is 112 Å². The van der Waals surface area contributed by atoms with Gasteiger partial charge in [-0.1, -0.05) is 6.42 Å². The Balaban J connectivity index is 1.68. The summed E-state index contributed by atoms with van der Waals surface area (Å²) < 4.78 is 5.48. The average molecular weight is 267 g/mol. The molecule has 0 aromatic heterocycles. The standard InChI is InChI=1S/C14H21NO4/c16-12(7-10-4-2-6-19-10)15-8-9-3-1-5-11(9)13(15)14(17)18/h9-11,13H,1-8H2,(H,17,18). The monoisotopic (exact) mass is 267 g/mol. The number of amides is 1. The number of ether oxygens (including phenoxy) is 1. The molecule has 0 aromatic carbocycles. The summed E-state index contributed by atoms with van der Waals surface area (Å²) in [4.78, 5) is 25.4. The first-order valence-electron chi connectivity index (χ1n) is 7.30. The van der Waals surface area contributed by atoms with Gasteiger partial charge in [-0.05, 0) is 37.5 Å². The second-order valence-electron chi connectivity index (χ2n) is 6.02. The van der Waals surface area contributed by atoms with E-state index in [1.54, 1.807) is 4.90 Å². The molecule has 1 N–H and O–H groups in total. The van der Waals surface area contributed by atoms with Crippen molar-refractivity contribution in [3.05, 3.63) is 0 Å². The quantitative estimate of drug-likeness (QED) is 0.836. The molecule has 0 spiro atoms. The Kier molecular flexibility index (Phi) is 3.48. The van der Waals surface area contributed by atoms with Crippen molar-refractivity contribution in [2.45, 2.75) is 50.7 Å². The highest BCUT2D eigenvalue weighted by molar-refractivity contribution is 5.85. The van der Waals surface area contributed by atoms with Crippen molar-refractivity contribution in [3.8, 4) is 0 Å². The van der Waals surface area contributed by atoms with E-state index in [9.17, 15) is 14.7 Å². The summed E-state index contributed by atoms with van der Waals surface area (Å²) in [6.45, 7) is 1.36. The molecule has 0 radical (unpaired) electrons. The van der Waals surface area contributed by atoms with Gasteiger partial charge in [-0.25, -0.2) is 4.79 Å². The predicted molar refractivity (Wildman–Crippen MR) is 67.6 cm³/mol. The Bertz CT molecular complexity index is 378. The minimum atomic E-state index is -0.838. The van der Waals surface area contributed by atoms with Crippen LogP contribution in [0, 0.1) is 11.8 Å². The fourth-order valence-electron chi connectivity index (χ4n) is 4.00. The van der Waals surface area contributed by atoms with Crippen LogP contribution in [-0.4, -0.2) is 47.2 Å². The van der Waals surface area contributed by atoms with E-state index in [0.29, 0.717) is 18.9 Å². The lowest BCUT2D eigenvalue weighted by atomic mass is 9.94. The molecule has 5 heteroatoms. The summed E-state index contributed by atoms with van der Waals surface area (Å²) in [5.74, 6) is -0.302. The van der Waals surface area contributed by atoms with Crippen molar-refractivity contribution < 1.29 is 19.4 Å². The number of hydrogen-bond acceptors (Lipinski definition) is 3. The molecule has 1 saturated carbocycles. The predicted octanol–water partition coefficient (Wildman–Crippen LogP) is 1.27. The van der Waals surface area contributed by atoms with E-state index in [1.165, 1.54) is 0 Å².